The summed E-state index contributed by atoms with van der Waals surface area (Å²) in [7, 11) is 0. The van der Waals surface area contributed by atoms with Crippen molar-refractivity contribution in [3.8, 4) is 0 Å². The largest absolute Gasteiger partial charge is 0.308 e. The first-order chi connectivity index (χ1) is 22.3. The zero-order valence-electron chi connectivity index (χ0n) is 31.4. The minimum absolute atomic E-state index is 0.0743. The Labute approximate surface area is 291 Å². The van der Waals surface area contributed by atoms with Crippen molar-refractivity contribution in [2.45, 2.75) is 105 Å². The lowest BCUT2D eigenvalue weighted by atomic mass is 9.86. The average Bonchev–Trinajstić information content (AvgIpc) is 3.01. The van der Waals surface area contributed by atoms with E-state index in [0.717, 1.165) is 34.1 Å². The number of para-hydroxylation sites is 2. The highest BCUT2D eigenvalue weighted by Gasteiger charge is 2.25. The maximum atomic E-state index is 2.41. The fourth-order valence-electron chi connectivity index (χ4n) is 6.14. The Morgan fingerprint density at radius 1 is 0.271 bits per heavy atom. The number of anilines is 6. The molecule has 5 rings (SSSR count). The van der Waals surface area contributed by atoms with Crippen molar-refractivity contribution >= 4 is 34.1 Å². The van der Waals surface area contributed by atoms with Gasteiger partial charge in [-0.1, -0.05) is 144 Å². The van der Waals surface area contributed by atoms with Gasteiger partial charge in [-0.25, -0.2) is 0 Å². The average molecular weight is 637 g/mol. The van der Waals surface area contributed by atoms with Gasteiger partial charge in [0.25, 0.3) is 0 Å². The molecule has 2 nitrogen and oxygen atoms in total. The summed E-state index contributed by atoms with van der Waals surface area (Å²) in [5.74, 6) is 0. The minimum Gasteiger partial charge on any atom is -0.308 e. The predicted octanol–water partition coefficient (Wildman–Crippen LogP) is 13.8. The van der Waals surface area contributed by atoms with Crippen LogP contribution in [0.15, 0.2) is 121 Å². The quantitative estimate of drug-likeness (QED) is 0.183. The molecule has 0 radical (unpaired) electrons. The molecule has 0 aliphatic rings. The molecule has 0 spiro atoms. The van der Waals surface area contributed by atoms with Gasteiger partial charge in [-0.05, 0) is 105 Å². The van der Waals surface area contributed by atoms with Crippen molar-refractivity contribution < 1.29 is 0 Å². The normalized spacial score (nSPS) is 12.6. The number of nitrogens with zero attached hydrogens (tertiary/aromatic N) is 2. The molecule has 0 aliphatic carbocycles. The maximum absolute atomic E-state index is 2.41. The molecule has 0 unspecified atom stereocenters. The number of benzene rings is 5. The van der Waals surface area contributed by atoms with Crippen molar-refractivity contribution in [3.05, 3.63) is 144 Å². The van der Waals surface area contributed by atoms with E-state index in [0.29, 0.717) is 0 Å². The summed E-state index contributed by atoms with van der Waals surface area (Å²) in [5.41, 5.74) is 12.3. The van der Waals surface area contributed by atoms with E-state index in [1.165, 1.54) is 22.3 Å². The molecule has 0 atom stereocenters. The molecule has 0 saturated heterocycles. The first-order valence-electron chi connectivity index (χ1n) is 17.5. The van der Waals surface area contributed by atoms with Crippen LogP contribution in [0, 0.1) is 0 Å². The molecule has 0 aromatic heterocycles. The third-order valence-electron chi connectivity index (χ3n) is 9.33. The summed E-state index contributed by atoms with van der Waals surface area (Å²) < 4.78 is 0. The van der Waals surface area contributed by atoms with E-state index in [-0.39, 0.29) is 21.7 Å². The number of hydrogen-bond donors (Lipinski definition) is 0. The molecule has 0 aliphatic heterocycles. The van der Waals surface area contributed by atoms with Gasteiger partial charge in [0.05, 0.1) is 11.4 Å². The molecule has 5 aromatic carbocycles. The molecule has 0 bridgehead atoms. The monoisotopic (exact) mass is 636 g/mol. The van der Waals surface area contributed by atoms with E-state index < -0.39 is 0 Å². The smallest absolute Gasteiger partial charge is 0.0702 e. The molecule has 0 saturated carbocycles. The van der Waals surface area contributed by atoms with Gasteiger partial charge in [-0.15, -0.1) is 0 Å². The lowest BCUT2D eigenvalue weighted by molar-refractivity contribution is 0.590. The second kappa shape index (κ2) is 13.0. The van der Waals surface area contributed by atoms with E-state index in [1.807, 2.05) is 0 Å². The molecule has 0 fully saturated rings. The second-order valence-electron chi connectivity index (χ2n) is 17.3. The van der Waals surface area contributed by atoms with Gasteiger partial charge < -0.3 is 9.80 Å². The van der Waals surface area contributed by atoms with Crippen LogP contribution in [0.4, 0.5) is 34.1 Å². The summed E-state index contributed by atoms with van der Waals surface area (Å²) in [6.07, 6.45) is 0. The van der Waals surface area contributed by atoms with Crippen LogP contribution >= 0.6 is 0 Å². The highest BCUT2D eigenvalue weighted by atomic mass is 15.2. The van der Waals surface area contributed by atoms with Crippen LogP contribution in [0.2, 0.25) is 0 Å². The van der Waals surface area contributed by atoms with E-state index in [4.69, 9.17) is 0 Å². The Morgan fingerprint density at radius 3 is 0.625 bits per heavy atom. The van der Waals surface area contributed by atoms with Gasteiger partial charge in [-0.3, -0.25) is 0 Å². The summed E-state index contributed by atoms with van der Waals surface area (Å²) in [6, 6.07) is 45.3. The Bertz CT molecular complexity index is 1550. The van der Waals surface area contributed by atoms with E-state index in [9.17, 15) is 0 Å². The van der Waals surface area contributed by atoms with Crippen molar-refractivity contribution in [1.82, 2.24) is 0 Å². The molecule has 250 valence electrons. The molecular weight excluding hydrogens is 581 g/mol. The van der Waals surface area contributed by atoms with Crippen LogP contribution in [-0.2, 0) is 21.7 Å². The zero-order valence-corrected chi connectivity index (χ0v) is 31.4. The molecule has 5 aromatic rings. The highest BCUT2D eigenvalue weighted by molar-refractivity contribution is 5.91. The first-order valence-corrected chi connectivity index (χ1v) is 17.5. The topological polar surface area (TPSA) is 6.48 Å². The van der Waals surface area contributed by atoms with Crippen LogP contribution in [0.5, 0.6) is 0 Å². The van der Waals surface area contributed by atoms with Gasteiger partial charge in [0.2, 0.25) is 0 Å². The third-order valence-corrected chi connectivity index (χ3v) is 9.33. The van der Waals surface area contributed by atoms with Gasteiger partial charge >= 0.3 is 0 Å². The van der Waals surface area contributed by atoms with E-state index >= 15 is 0 Å². The van der Waals surface area contributed by atoms with Crippen LogP contribution in [0.3, 0.4) is 0 Å². The van der Waals surface area contributed by atoms with Gasteiger partial charge in [0.15, 0.2) is 0 Å². The standard InChI is InChI=1S/C46H56N2/c1-43(2,3)33-17-25-37(26-18-33)47(38-27-19-34(20-28-38)44(4,5)6)41-15-13-14-16-42(41)48(39-29-21-35(22-30-39)45(7,8)9)40-31-23-36(24-32-40)46(10,11)12/h13-32H,1-12H3. The third kappa shape index (κ3) is 7.70. The van der Waals surface area contributed by atoms with Crippen molar-refractivity contribution in [2.75, 3.05) is 9.80 Å². The fourth-order valence-corrected chi connectivity index (χ4v) is 6.14. The van der Waals surface area contributed by atoms with Gasteiger partial charge in [0, 0.05) is 22.7 Å². The lowest BCUT2D eigenvalue weighted by Crippen LogP contribution is -2.18. The minimum atomic E-state index is 0.0743. The molecule has 0 heterocycles. The maximum Gasteiger partial charge on any atom is 0.0702 e. The Hall–Kier alpha value is -4.30. The van der Waals surface area contributed by atoms with Crippen LogP contribution in [0.1, 0.15) is 105 Å². The SMILES string of the molecule is CC(C)(C)c1ccc(N(c2ccc(C(C)(C)C)cc2)c2ccccc2N(c2ccc(C(C)(C)C)cc2)c2ccc(C(C)(C)C)cc2)cc1. The van der Waals surface area contributed by atoms with Crippen LogP contribution in [-0.4, -0.2) is 0 Å². The fraction of sp³-hybridized carbons (Fsp3) is 0.348. The summed E-state index contributed by atoms with van der Waals surface area (Å²) in [4.78, 5) is 4.82. The molecule has 2 heteroatoms. The second-order valence-corrected chi connectivity index (χ2v) is 17.3. The lowest BCUT2D eigenvalue weighted by Gasteiger charge is -2.34. The Balaban J connectivity index is 1.74. The number of rotatable bonds is 6. The Morgan fingerprint density at radius 2 is 0.458 bits per heavy atom. The van der Waals surface area contributed by atoms with Crippen molar-refractivity contribution in [3.63, 3.8) is 0 Å². The van der Waals surface area contributed by atoms with Gasteiger partial charge in [-0.2, -0.15) is 0 Å². The van der Waals surface area contributed by atoms with Gasteiger partial charge in [0.1, 0.15) is 0 Å². The van der Waals surface area contributed by atoms with Crippen LogP contribution < -0.4 is 9.80 Å². The molecule has 0 N–H and O–H groups in total. The molecule has 48 heavy (non-hydrogen) atoms. The zero-order chi connectivity index (χ0) is 35.1. The predicted molar refractivity (Wildman–Crippen MR) is 211 cm³/mol. The Kier molecular flexibility index (Phi) is 9.45. The summed E-state index contributed by atoms with van der Waals surface area (Å²) in [5, 5.41) is 0. The van der Waals surface area contributed by atoms with Crippen molar-refractivity contribution in [2.24, 2.45) is 0 Å². The van der Waals surface area contributed by atoms with E-state index in [2.05, 4.69) is 214 Å². The molecular formula is C46H56N2. The number of hydrogen-bond acceptors (Lipinski definition) is 2. The summed E-state index contributed by atoms with van der Waals surface area (Å²) >= 11 is 0. The van der Waals surface area contributed by atoms with E-state index in [1.54, 1.807) is 0 Å². The van der Waals surface area contributed by atoms with Crippen molar-refractivity contribution in [1.29, 1.82) is 0 Å². The summed E-state index contributed by atoms with van der Waals surface area (Å²) in [6.45, 7) is 27.3. The van der Waals surface area contributed by atoms with Crippen LogP contribution in [0.25, 0.3) is 0 Å². The first kappa shape index (κ1) is 35.0. The highest BCUT2D eigenvalue weighted by Crippen LogP contribution is 2.46. The molecule has 0 amide bonds.